The highest BCUT2D eigenvalue weighted by molar-refractivity contribution is 6.05. The standard InChI is InChI=1S/C19H21N3O4/c1-13-12-16(21-7-9-26-10-8-21)4-5-17(13)20-19(23)15-3-6-18(22(24)25)14(2)11-15/h3-6,11-12H,7-10H2,1-2H3,(H,20,23). The summed E-state index contributed by atoms with van der Waals surface area (Å²) in [6.07, 6.45) is 0. The number of carbonyl (C=O) groups excluding carboxylic acids is 1. The first-order chi connectivity index (χ1) is 12.5. The molecule has 0 aliphatic carbocycles. The largest absolute Gasteiger partial charge is 0.378 e. The van der Waals surface area contributed by atoms with E-state index in [-0.39, 0.29) is 11.6 Å². The van der Waals surface area contributed by atoms with Crippen molar-refractivity contribution in [3.8, 4) is 0 Å². The second-order valence-electron chi connectivity index (χ2n) is 6.31. The topological polar surface area (TPSA) is 84.7 Å². The van der Waals surface area contributed by atoms with Crippen molar-refractivity contribution in [2.75, 3.05) is 36.5 Å². The van der Waals surface area contributed by atoms with E-state index in [2.05, 4.69) is 10.2 Å². The van der Waals surface area contributed by atoms with Gasteiger partial charge in [0.05, 0.1) is 18.1 Å². The minimum Gasteiger partial charge on any atom is -0.378 e. The fourth-order valence-corrected chi connectivity index (χ4v) is 3.00. The molecule has 0 radical (unpaired) electrons. The molecule has 1 saturated heterocycles. The van der Waals surface area contributed by atoms with Crippen molar-refractivity contribution < 1.29 is 14.5 Å². The zero-order chi connectivity index (χ0) is 18.7. The molecule has 1 heterocycles. The van der Waals surface area contributed by atoms with Gasteiger partial charge in [-0.05, 0) is 49.7 Å². The molecular weight excluding hydrogens is 334 g/mol. The number of aryl methyl sites for hydroxylation is 2. The highest BCUT2D eigenvalue weighted by Gasteiger charge is 2.16. The first-order valence-corrected chi connectivity index (χ1v) is 8.45. The number of ether oxygens (including phenoxy) is 1. The Kier molecular flexibility index (Phi) is 5.18. The van der Waals surface area contributed by atoms with E-state index < -0.39 is 4.92 Å². The number of hydrogen-bond donors (Lipinski definition) is 1. The quantitative estimate of drug-likeness (QED) is 0.672. The molecule has 2 aromatic rings. The molecule has 0 bridgehead atoms. The Morgan fingerprint density at radius 1 is 1.12 bits per heavy atom. The molecule has 136 valence electrons. The molecule has 3 rings (SSSR count). The highest BCUT2D eigenvalue weighted by atomic mass is 16.6. The van der Waals surface area contributed by atoms with E-state index in [1.54, 1.807) is 6.92 Å². The summed E-state index contributed by atoms with van der Waals surface area (Å²) in [4.78, 5) is 25.2. The van der Waals surface area contributed by atoms with Gasteiger partial charge in [-0.3, -0.25) is 14.9 Å². The normalized spacial score (nSPS) is 14.2. The smallest absolute Gasteiger partial charge is 0.272 e. The number of anilines is 2. The van der Waals surface area contributed by atoms with Crippen LogP contribution in [0.2, 0.25) is 0 Å². The average Bonchev–Trinajstić information content (AvgIpc) is 2.63. The van der Waals surface area contributed by atoms with Crippen LogP contribution in [0.3, 0.4) is 0 Å². The van der Waals surface area contributed by atoms with Crippen LogP contribution in [-0.4, -0.2) is 37.1 Å². The van der Waals surface area contributed by atoms with Crippen molar-refractivity contribution in [1.29, 1.82) is 0 Å². The van der Waals surface area contributed by atoms with Gasteiger partial charge in [0.25, 0.3) is 11.6 Å². The molecule has 2 aromatic carbocycles. The van der Waals surface area contributed by atoms with Crippen molar-refractivity contribution in [3.63, 3.8) is 0 Å². The van der Waals surface area contributed by atoms with Gasteiger partial charge in [-0.1, -0.05) is 0 Å². The minimum absolute atomic E-state index is 0.00703. The van der Waals surface area contributed by atoms with E-state index in [9.17, 15) is 14.9 Å². The molecule has 0 unspecified atom stereocenters. The van der Waals surface area contributed by atoms with Crippen LogP contribution in [0, 0.1) is 24.0 Å². The van der Waals surface area contributed by atoms with Crippen LogP contribution < -0.4 is 10.2 Å². The van der Waals surface area contributed by atoms with E-state index >= 15 is 0 Å². The molecule has 1 aliphatic rings. The van der Waals surface area contributed by atoms with E-state index in [1.807, 2.05) is 25.1 Å². The molecule has 0 atom stereocenters. The van der Waals surface area contributed by atoms with Crippen LogP contribution in [0.4, 0.5) is 17.1 Å². The Hall–Kier alpha value is -2.93. The number of carbonyl (C=O) groups is 1. The van der Waals surface area contributed by atoms with Gasteiger partial charge < -0.3 is 15.0 Å². The summed E-state index contributed by atoms with van der Waals surface area (Å²) in [5.74, 6) is -0.287. The lowest BCUT2D eigenvalue weighted by atomic mass is 10.1. The van der Waals surface area contributed by atoms with Gasteiger partial charge in [-0.25, -0.2) is 0 Å². The predicted octanol–water partition coefficient (Wildman–Crippen LogP) is 3.30. The van der Waals surface area contributed by atoms with Crippen LogP contribution in [0.1, 0.15) is 21.5 Å². The molecule has 0 spiro atoms. The monoisotopic (exact) mass is 355 g/mol. The van der Waals surface area contributed by atoms with E-state index in [0.29, 0.717) is 11.1 Å². The predicted molar refractivity (Wildman–Crippen MR) is 100.0 cm³/mol. The summed E-state index contributed by atoms with van der Waals surface area (Å²) in [5.41, 5.74) is 3.65. The number of hydrogen-bond acceptors (Lipinski definition) is 5. The Morgan fingerprint density at radius 3 is 2.46 bits per heavy atom. The van der Waals surface area contributed by atoms with Crippen molar-refractivity contribution in [3.05, 3.63) is 63.2 Å². The Balaban J connectivity index is 1.75. The van der Waals surface area contributed by atoms with E-state index in [4.69, 9.17) is 4.74 Å². The molecule has 0 saturated carbocycles. The molecule has 1 amide bonds. The number of rotatable bonds is 4. The lowest BCUT2D eigenvalue weighted by Gasteiger charge is -2.29. The molecule has 1 fully saturated rings. The second kappa shape index (κ2) is 7.53. The third-order valence-corrected chi connectivity index (χ3v) is 4.49. The zero-order valence-electron chi connectivity index (χ0n) is 14.8. The number of nitrogens with one attached hydrogen (secondary N) is 1. The third-order valence-electron chi connectivity index (χ3n) is 4.49. The fourth-order valence-electron chi connectivity index (χ4n) is 3.00. The minimum atomic E-state index is -0.453. The van der Waals surface area contributed by atoms with Crippen LogP contribution in [0.15, 0.2) is 36.4 Å². The summed E-state index contributed by atoms with van der Waals surface area (Å²) >= 11 is 0. The van der Waals surface area contributed by atoms with E-state index in [0.717, 1.165) is 43.2 Å². The van der Waals surface area contributed by atoms with Crippen molar-refractivity contribution in [2.45, 2.75) is 13.8 Å². The summed E-state index contributed by atoms with van der Waals surface area (Å²) < 4.78 is 5.37. The maximum absolute atomic E-state index is 12.5. The summed E-state index contributed by atoms with van der Waals surface area (Å²) in [6.45, 7) is 6.71. The molecule has 1 aliphatic heterocycles. The van der Waals surface area contributed by atoms with Gasteiger partial charge in [0.15, 0.2) is 0 Å². The van der Waals surface area contributed by atoms with Gasteiger partial charge in [0.1, 0.15) is 0 Å². The number of nitro groups is 1. The van der Waals surface area contributed by atoms with Crippen molar-refractivity contribution >= 4 is 23.0 Å². The van der Waals surface area contributed by atoms with Crippen LogP contribution in [-0.2, 0) is 4.74 Å². The van der Waals surface area contributed by atoms with Gasteiger partial charge in [-0.15, -0.1) is 0 Å². The molecule has 0 aromatic heterocycles. The van der Waals surface area contributed by atoms with Crippen molar-refractivity contribution in [2.24, 2.45) is 0 Å². The van der Waals surface area contributed by atoms with Crippen LogP contribution in [0.25, 0.3) is 0 Å². The first kappa shape index (κ1) is 17.9. The summed E-state index contributed by atoms with van der Waals surface area (Å²) in [5, 5.41) is 13.8. The van der Waals surface area contributed by atoms with Gasteiger partial charge >= 0.3 is 0 Å². The number of benzene rings is 2. The zero-order valence-corrected chi connectivity index (χ0v) is 14.8. The highest BCUT2D eigenvalue weighted by Crippen LogP contribution is 2.25. The van der Waals surface area contributed by atoms with Crippen LogP contribution in [0.5, 0.6) is 0 Å². The number of morpholine rings is 1. The Labute approximate surface area is 151 Å². The first-order valence-electron chi connectivity index (χ1n) is 8.45. The fraction of sp³-hybridized carbons (Fsp3) is 0.316. The number of amides is 1. The second-order valence-corrected chi connectivity index (χ2v) is 6.31. The lowest BCUT2D eigenvalue weighted by Crippen LogP contribution is -2.36. The number of nitro benzene ring substituents is 1. The Morgan fingerprint density at radius 2 is 1.85 bits per heavy atom. The van der Waals surface area contributed by atoms with Crippen molar-refractivity contribution in [1.82, 2.24) is 0 Å². The molecule has 26 heavy (non-hydrogen) atoms. The maximum Gasteiger partial charge on any atom is 0.272 e. The summed E-state index contributed by atoms with van der Waals surface area (Å²) in [6, 6.07) is 10.3. The summed E-state index contributed by atoms with van der Waals surface area (Å²) in [7, 11) is 0. The molecule has 1 N–H and O–H groups in total. The molecule has 7 heteroatoms. The number of nitrogens with zero attached hydrogens (tertiary/aromatic N) is 2. The maximum atomic E-state index is 12.5. The average molecular weight is 355 g/mol. The van der Waals surface area contributed by atoms with Gasteiger partial charge in [-0.2, -0.15) is 0 Å². The van der Waals surface area contributed by atoms with Gasteiger partial charge in [0, 0.05) is 41.7 Å². The van der Waals surface area contributed by atoms with Gasteiger partial charge in [0.2, 0.25) is 0 Å². The van der Waals surface area contributed by atoms with Crippen LogP contribution >= 0.6 is 0 Å². The Bertz CT molecular complexity index is 845. The molecule has 7 nitrogen and oxygen atoms in total. The molecular formula is C19H21N3O4. The van der Waals surface area contributed by atoms with E-state index in [1.165, 1.54) is 18.2 Å². The SMILES string of the molecule is Cc1cc(N2CCOCC2)ccc1NC(=O)c1ccc([N+](=O)[O-])c(C)c1. The third kappa shape index (κ3) is 3.83. The lowest BCUT2D eigenvalue weighted by molar-refractivity contribution is -0.385.